The lowest BCUT2D eigenvalue weighted by Crippen LogP contribution is -2.18. The molecule has 2 heterocycles. The molecule has 2 aromatic rings. The van der Waals surface area contributed by atoms with Crippen molar-refractivity contribution in [2.45, 2.75) is 13.0 Å². The average Bonchev–Trinajstić information content (AvgIpc) is 2.83. The molecule has 2 rings (SSSR count). The number of nitrogens with zero attached hydrogens (tertiary/aromatic N) is 5. The van der Waals surface area contributed by atoms with E-state index in [0.717, 1.165) is 30.9 Å². The molecule has 1 N–H and O–H groups in total. The maximum absolute atomic E-state index is 4.31. The van der Waals surface area contributed by atoms with Gasteiger partial charge in [0, 0.05) is 39.8 Å². The van der Waals surface area contributed by atoms with Crippen molar-refractivity contribution in [1.82, 2.24) is 30.1 Å². The molecule has 16 heavy (non-hydrogen) atoms. The van der Waals surface area contributed by atoms with Gasteiger partial charge < -0.3 is 5.32 Å². The second-order valence-electron chi connectivity index (χ2n) is 3.76. The van der Waals surface area contributed by atoms with Gasteiger partial charge in [-0.25, -0.2) is 0 Å². The quantitative estimate of drug-likeness (QED) is 0.714. The molecule has 0 aliphatic rings. The van der Waals surface area contributed by atoms with Gasteiger partial charge in [-0.15, -0.1) is 5.10 Å². The first kappa shape index (κ1) is 10.8. The standard InChI is InChI=1S/C10H16N6/c1-15-6-4-9(13-15)3-5-11-7-10-8-12-14-16(10)2/h4,6,8,11H,3,5,7H2,1-2H3. The van der Waals surface area contributed by atoms with E-state index in [1.165, 1.54) is 0 Å². The summed E-state index contributed by atoms with van der Waals surface area (Å²) >= 11 is 0. The van der Waals surface area contributed by atoms with Gasteiger partial charge in [0.2, 0.25) is 0 Å². The maximum atomic E-state index is 4.31. The molecule has 0 aromatic carbocycles. The Kier molecular flexibility index (Phi) is 3.31. The van der Waals surface area contributed by atoms with Gasteiger partial charge in [-0.05, 0) is 6.07 Å². The zero-order chi connectivity index (χ0) is 11.4. The van der Waals surface area contributed by atoms with Crippen LogP contribution in [0.1, 0.15) is 11.4 Å². The van der Waals surface area contributed by atoms with Crippen LogP contribution in [0.5, 0.6) is 0 Å². The summed E-state index contributed by atoms with van der Waals surface area (Å²) in [4.78, 5) is 0. The highest BCUT2D eigenvalue weighted by Crippen LogP contribution is 1.95. The van der Waals surface area contributed by atoms with Gasteiger partial charge in [0.05, 0.1) is 17.6 Å². The van der Waals surface area contributed by atoms with Crippen molar-refractivity contribution in [2.24, 2.45) is 14.1 Å². The maximum Gasteiger partial charge on any atom is 0.0738 e. The molecular formula is C10H16N6. The zero-order valence-corrected chi connectivity index (χ0v) is 9.59. The second-order valence-corrected chi connectivity index (χ2v) is 3.76. The first-order valence-electron chi connectivity index (χ1n) is 5.28. The van der Waals surface area contributed by atoms with Crippen molar-refractivity contribution in [1.29, 1.82) is 0 Å². The summed E-state index contributed by atoms with van der Waals surface area (Å²) in [5.41, 5.74) is 2.19. The Balaban J connectivity index is 1.71. The van der Waals surface area contributed by atoms with E-state index in [0.29, 0.717) is 0 Å². The topological polar surface area (TPSA) is 60.6 Å². The van der Waals surface area contributed by atoms with Crippen LogP contribution in [0.4, 0.5) is 0 Å². The summed E-state index contributed by atoms with van der Waals surface area (Å²) in [5.74, 6) is 0. The highest BCUT2D eigenvalue weighted by Gasteiger charge is 1.99. The molecule has 86 valence electrons. The van der Waals surface area contributed by atoms with E-state index in [9.17, 15) is 0 Å². The number of nitrogens with one attached hydrogen (secondary N) is 1. The lowest BCUT2D eigenvalue weighted by atomic mass is 10.3. The fraction of sp³-hybridized carbons (Fsp3) is 0.500. The number of aryl methyl sites for hydroxylation is 2. The Morgan fingerprint density at radius 3 is 2.88 bits per heavy atom. The summed E-state index contributed by atoms with van der Waals surface area (Å²) < 4.78 is 3.59. The third-order valence-corrected chi connectivity index (χ3v) is 2.44. The van der Waals surface area contributed by atoms with Crippen molar-refractivity contribution >= 4 is 0 Å². The predicted molar refractivity (Wildman–Crippen MR) is 59.6 cm³/mol. The van der Waals surface area contributed by atoms with Crippen LogP contribution < -0.4 is 5.32 Å². The van der Waals surface area contributed by atoms with Crippen molar-refractivity contribution in [3.8, 4) is 0 Å². The number of hydrogen-bond acceptors (Lipinski definition) is 4. The molecular weight excluding hydrogens is 204 g/mol. The lowest BCUT2D eigenvalue weighted by molar-refractivity contribution is 0.611. The second kappa shape index (κ2) is 4.89. The third-order valence-electron chi connectivity index (χ3n) is 2.44. The number of aromatic nitrogens is 5. The molecule has 0 fully saturated rings. The van der Waals surface area contributed by atoms with E-state index >= 15 is 0 Å². The summed E-state index contributed by atoms with van der Waals surface area (Å²) in [6, 6.07) is 2.04. The van der Waals surface area contributed by atoms with Crippen LogP contribution in [-0.2, 0) is 27.1 Å². The largest absolute Gasteiger partial charge is 0.311 e. The molecule has 0 radical (unpaired) electrons. The van der Waals surface area contributed by atoms with E-state index in [2.05, 4.69) is 20.7 Å². The fourth-order valence-corrected chi connectivity index (χ4v) is 1.50. The predicted octanol–water partition coefficient (Wildman–Crippen LogP) is -0.119. The van der Waals surface area contributed by atoms with E-state index in [1.54, 1.807) is 10.9 Å². The van der Waals surface area contributed by atoms with Gasteiger partial charge in [0.15, 0.2) is 0 Å². The Morgan fingerprint density at radius 2 is 2.25 bits per heavy atom. The molecule has 0 saturated carbocycles. The van der Waals surface area contributed by atoms with Crippen molar-refractivity contribution in [3.63, 3.8) is 0 Å². The Bertz CT molecular complexity index is 444. The van der Waals surface area contributed by atoms with Crippen LogP contribution in [0, 0.1) is 0 Å². The van der Waals surface area contributed by atoms with Crippen LogP contribution in [0.3, 0.4) is 0 Å². The summed E-state index contributed by atoms with van der Waals surface area (Å²) in [6.45, 7) is 1.69. The minimum Gasteiger partial charge on any atom is -0.311 e. The number of rotatable bonds is 5. The van der Waals surface area contributed by atoms with Crippen molar-refractivity contribution in [3.05, 3.63) is 29.8 Å². The molecule has 2 aromatic heterocycles. The lowest BCUT2D eigenvalue weighted by Gasteiger charge is -2.02. The Hall–Kier alpha value is -1.69. The molecule has 0 unspecified atom stereocenters. The highest BCUT2D eigenvalue weighted by molar-refractivity contribution is 4.99. The van der Waals surface area contributed by atoms with E-state index in [1.807, 2.05) is 31.0 Å². The van der Waals surface area contributed by atoms with Crippen LogP contribution >= 0.6 is 0 Å². The molecule has 0 aliphatic carbocycles. The minimum atomic E-state index is 0.788. The summed E-state index contributed by atoms with van der Waals surface area (Å²) in [5, 5.41) is 15.3. The monoisotopic (exact) mass is 220 g/mol. The summed E-state index contributed by atoms with van der Waals surface area (Å²) in [6.07, 6.45) is 4.67. The first-order chi connectivity index (χ1) is 7.75. The Labute approximate surface area is 94.3 Å². The first-order valence-corrected chi connectivity index (χ1v) is 5.28. The van der Waals surface area contributed by atoms with Gasteiger partial charge >= 0.3 is 0 Å². The van der Waals surface area contributed by atoms with Crippen LogP contribution in [0.15, 0.2) is 18.5 Å². The van der Waals surface area contributed by atoms with E-state index in [4.69, 9.17) is 0 Å². The van der Waals surface area contributed by atoms with Crippen LogP contribution in [0.25, 0.3) is 0 Å². The third kappa shape index (κ3) is 2.66. The molecule has 0 aliphatic heterocycles. The smallest absolute Gasteiger partial charge is 0.0738 e. The highest BCUT2D eigenvalue weighted by atomic mass is 15.4. The zero-order valence-electron chi connectivity index (χ0n) is 9.59. The van der Waals surface area contributed by atoms with Gasteiger partial charge in [-0.1, -0.05) is 5.21 Å². The average molecular weight is 220 g/mol. The molecule has 6 nitrogen and oxygen atoms in total. The molecule has 6 heteroatoms. The normalized spacial score (nSPS) is 10.9. The van der Waals surface area contributed by atoms with Gasteiger partial charge in [-0.2, -0.15) is 5.10 Å². The molecule has 0 saturated heterocycles. The van der Waals surface area contributed by atoms with Gasteiger partial charge in [-0.3, -0.25) is 9.36 Å². The summed E-state index contributed by atoms with van der Waals surface area (Å²) in [7, 11) is 3.82. The SMILES string of the molecule is Cn1ccc(CCNCc2cnnn2C)n1. The minimum absolute atomic E-state index is 0.788. The van der Waals surface area contributed by atoms with Gasteiger partial charge in [0.25, 0.3) is 0 Å². The van der Waals surface area contributed by atoms with Crippen LogP contribution in [-0.4, -0.2) is 31.3 Å². The fourth-order valence-electron chi connectivity index (χ4n) is 1.50. The van der Waals surface area contributed by atoms with Crippen molar-refractivity contribution < 1.29 is 0 Å². The molecule has 0 spiro atoms. The van der Waals surface area contributed by atoms with E-state index in [-0.39, 0.29) is 0 Å². The molecule has 0 bridgehead atoms. The number of hydrogen-bond donors (Lipinski definition) is 1. The Morgan fingerprint density at radius 1 is 1.38 bits per heavy atom. The van der Waals surface area contributed by atoms with Crippen molar-refractivity contribution in [2.75, 3.05) is 6.54 Å². The molecule has 0 amide bonds. The molecule has 0 atom stereocenters. The van der Waals surface area contributed by atoms with Crippen LogP contribution in [0.2, 0.25) is 0 Å². The van der Waals surface area contributed by atoms with E-state index < -0.39 is 0 Å². The van der Waals surface area contributed by atoms with Gasteiger partial charge in [0.1, 0.15) is 0 Å².